The highest BCUT2D eigenvalue weighted by atomic mass is 15.2. The van der Waals surface area contributed by atoms with E-state index in [4.69, 9.17) is 0 Å². The fraction of sp³-hybridized carbons (Fsp3) is 1.00. The highest BCUT2D eigenvalue weighted by molar-refractivity contribution is 4.89. The Morgan fingerprint density at radius 2 is 1.50 bits per heavy atom. The van der Waals surface area contributed by atoms with Crippen molar-refractivity contribution in [3.05, 3.63) is 0 Å². The van der Waals surface area contributed by atoms with Gasteiger partial charge in [-0.05, 0) is 39.3 Å². The summed E-state index contributed by atoms with van der Waals surface area (Å²) in [7, 11) is 2.40. The maximum atomic E-state index is 3.75. The Bertz CT molecular complexity index is 223. The molecule has 2 nitrogen and oxygen atoms in total. The Morgan fingerprint density at radius 1 is 0.889 bits per heavy atom. The van der Waals surface area contributed by atoms with Crippen LogP contribution < -0.4 is 5.32 Å². The summed E-state index contributed by atoms with van der Waals surface area (Å²) in [6, 6.07) is 2.39. The molecule has 2 fully saturated rings. The molecular formula is C16H32N2. The fourth-order valence-electron chi connectivity index (χ4n) is 4.03. The minimum atomic E-state index is 0.740. The summed E-state index contributed by atoms with van der Waals surface area (Å²) in [6.45, 7) is 3.38. The molecule has 106 valence electrons. The van der Waals surface area contributed by atoms with Crippen molar-refractivity contribution in [2.45, 2.75) is 89.3 Å². The third-order valence-electron chi connectivity index (χ3n) is 5.12. The van der Waals surface area contributed by atoms with Gasteiger partial charge in [0.25, 0.3) is 0 Å². The van der Waals surface area contributed by atoms with Crippen LogP contribution in [0.3, 0.4) is 0 Å². The number of nitrogens with one attached hydrogen (secondary N) is 1. The van der Waals surface area contributed by atoms with Gasteiger partial charge in [0.1, 0.15) is 0 Å². The molecule has 2 heteroatoms. The van der Waals surface area contributed by atoms with Crippen molar-refractivity contribution >= 4 is 0 Å². The monoisotopic (exact) mass is 252 g/mol. The lowest BCUT2D eigenvalue weighted by molar-refractivity contribution is 0.105. The number of hydrogen-bond donors (Lipinski definition) is 1. The molecule has 0 bridgehead atoms. The number of hydrogen-bond acceptors (Lipinski definition) is 2. The van der Waals surface area contributed by atoms with Crippen molar-refractivity contribution in [3.63, 3.8) is 0 Å². The van der Waals surface area contributed by atoms with Gasteiger partial charge in [-0.2, -0.15) is 0 Å². The molecule has 2 saturated carbocycles. The zero-order valence-electron chi connectivity index (χ0n) is 12.5. The molecule has 18 heavy (non-hydrogen) atoms. The Morgan fingerprint density at radius 3 is 2.17 bits per heavy atom. The molecule has 2 atom stereocenters. The first-order valence-corrected chi connectivity index (χ1v) is 8.28. The summed E-state index contributed by atoms with van der Waals surface area (Å²) < 4.78 is 0. The summed E-state index contributed by atoms with van der Waals surface area (Å²) in [5.74, 6) is 0. The van der Waals surface area contributed by atoms with Crippen LogP contribution in [0.4, 0.5) is 0 Å². The van der Waals surface area contributed by atoms with Crippen LogP contribution in [-0.4, -0.2) is 36.6 Å². The van der Waals surface area contributed by atoms with Gasteiger partial charge in [0.05, 0.1) is 0 Å². The summed E-state index contributed by atoms with van der Waals surface area (Å²) in [4.78, 5) is 2.75. The predicted molar refractivity (Wildman–Crippen MR) is 79.0 cm³/mol. The first-order valence-electron chi connectivity index (χ1n) is 8.28. The van der Waals surface area contributed by atoms with Crippen molar-refractivity contribution in [2.24, 2.45) is 0 Å². The molecule has 0 aromatic heterocycles. The minimum Gasteiger partial charge on any atom is -0.313 e. The van der Waals surface area contributed by atoms with Gasteiger partial charge < -0.3 is 5.32 Å². The molecule has 2 aliphatic carbocycles. The van der Waals surface area contributed by atoms with Crippen LogP contribution in [0.25, 0.3) is 0 Å². The summed E-state index contributed by atoms with van der Waals surface area (Å²) in [5.41, 5.74) is 0. The Balaban J connectivity index is 1.96. The zero-order chi connectivity index (χ0) is 12.8. The lowest BCUT2D eigenvalue weighted by atomic mass is 9.91. The minimum absolute atomic E-state index is 0.740. The van der Waals surface area contributed by atoms with Crippen LogP contribution in [0.1, 0.15) is 71.1 Å². The Kier molecular flexibility index (Phi) is 5.97. The van der Waals surface area contributed by atoms with E-state index in [-0.39, 0.29) is 0 Å². The standard InChI is InChI=1S/C16H32N2/c1-3-17-15-12-8-5-9-13-16(15)18(2)14-10-6-4-7-11-14/h14-17H,3-13H2,1-2H3. The van der Waals surface area contributed by atoms with Crippen molar-refractivity contribution < 1.29 is 0 Å². The van der Waals surface area contributed by atoms with E-state index in [1.807, 2.05) is 0 Å². The molecule has 1 N–H and O–H groups in total. The molecule has 0 heterocycles. The van der Waals surface area contributed by atoms with E-state index < -0.39 is 0 Å². The van der Waals surface area contributed by atoms with Gasteiger partial charge in [0, 0.05) is 18.1 Å². The van der Waals surface area contributed by atoms with E-state index in [9.17, 15) is 0 Å². The van der Waals surface area contributed by atoms with Gasteiger partial charge in [-0.1, -0.05) is 45.4 Å². The molecular weight excluding hydrogens is 220 g/mol. The number of nitrogens with zero attached hydrogens (tertiary/aromatic N) is 1. The molecule has 2 unspecified atom stereocenters. The Labute approximate surface area is 114 Å². The molecule has 0 spiro atoms. The second-order valence-electron chi connectivity index (χ2n) is 6.33. The topological polar surface area (TPSA) is 15.3 Å². The molecule has 0 aromatic carbocycles. The van der Waals surface area contributed by atoms with E-state index in [1.54, 1.807) is 0 Å². The van der Waals surface area contributed by atoms with Crippen LogP contribution in [0, 0.1) is 0 Å². The highest BCUT2D eigenvalue weighted by Crippen LogP contribution is 2.28. The lowest BCUT2D eigenvalue weighted by Gasteiger charge is -2.40. The second-order valence-corrected chi connectivity index (χ2v) is 6.33. The number of likely N-dealkylation sites (N-methyl/N-ethyl adjacent to an activating group) is 2. The first-order chi connectivity index (χ1) is 8.83. The van der Waals surface area contributed by atoms with Crippen molar-refractivity contribution in [1.82, 2.24) is 10.2 Å². The Hall–Kier alpha value is -0.0800. The van der Waals surface area contributed by atoms with Crippen LogP contribution in [-0.2, 0) is 0 Å². The second kappa shape index (κ2) is 7.49. The average molecular weight is 252 g/mol. The summed E-state index contributed by atoms with van der Waals surface area (Å²) >= 11 is 0. The summed E-state index contributed by atoms with van der Waals surface area (Å²) in [6.07, 6.45) is 14.3. The van der Waals surface area contributed by atoms with Crippen LogP contribution in [0.2, 0.25) is 0 Å². The normalized spacial score (nSPS) is 31.5. The van der Waals surface area contributed by atoms with E-state index in [0.29, 0.717) is 0 Å². The third-order valence-corrected chi connectivity index (χ3v) is 5.12. The molecule has 0 radical (unpaired) electrons. The van der Waals surface area contributed by atoms with Crippen molar-refractivity contribution in [1.29, 1.82) is 0 Å². The van der Waals surface area contributed by atoms with Crippen LogP contribution >= 0.6 is 0 Å². The zero-order valence-corrected chi connectivity index (χ0v) is 12.5. The van der Waals surface area contributed by atoms with Crippen LogP contribution in [0.15, 0.2) is 0 Å². The van der Waals surface area contributed by atoms with Gasteiger partial charge in [0.15, 0.2) is 0 Å². The fourth-order valence-corrected chi connectivity index (χ4v) is 4.03. The smallest absolute Gasteiger partial charge is 0.0249 e. The molecule has 2 rings (SSSR count). The number of rotatable bonds is 4. The van der Waals surface area contributed by atoms with Crippen molar-refractivity contribution in [3.8, 4) is 0 Å². The van der Waals surface area contributed by atoms with Crippen LogP contribution in [0.5, 0.6) is 0 Å². The van der Waals surface area contributed by atoms with E-state index >= 15 is 0 Å². The molecule has 0 amide bonds. The van der Waals surface area contributed by atoms with E-state index in [1.165, 1.54) is 64.2 Å². The van der Waals surface area contributed by atoms with Gasteiger partial charge in [0.2, 0.25) is 0 Å². The van der Waals surface area contributed by atoms with Gasteiger partial charge in [-0.25, -0.2) is 0 Å². The van der Waals surface area contributed by atoms with Crippen molar-refractivity contribution in [2.75, 3.05) is 13.6 Å². The summed E-state index contributed by atoms with van der Waals surface area (Å²) in [5, 5.41) is 3.75. The van der Waals surface area contributed by atoms with Gasteiger partial charge in [-0.3, -0.25) is 4.90 Å². The van der Waals surface area contributed by atoms with E-state index in [0.717, 1.165) is 24.7 Å². The maximum Gasteiger partial charge on any atom is 0.0249 e. The molecule has 0 aliphatic heterocycles. The SMILES string of the molecule is CCNC1CCCCCC1N(C)C1CCCCC1. The maximum absolute atomic E-state index is 3.75. The highest BCUT2D eigenvalue weighted by Gasteiger charge is 2.30. The average Bonchev–Trinajstić information content (AvgIpc) is 2.65. The van der Waals surface area contributed by atoms with Gasteiger partial charge >= 0.3 is 0 Å². The molecule has 0 saturated heterocycles. The van der Waals surface area contributed by atoms with Gasteiger partial charge in [-0.15, -0.1) is 0 Å². The predicted octanol–water partition coefficient (Wildman–Crippen LogP) is 3.56. The quantitative estimate of drug-likeness (QED) is 0.770. The largest absolute Gasteiger partial charge is 0.313 e. The first kappa shape index (κ1) is 14.3. The molecule has 0 aromatic rings. The third kappa shape index (κ3) is 3.71. The lowest BCUT2D eigenvalue weighted by Crippen LogP contribution is -2.52. The van der Waals surface area contributed by atoms with E-state index in [2.05, 4.69) is 24.2 Å². The molecule has 2 aliphatic rings.